The van der Waals surface area contributed by atoms with Crippen LogP contribution in [-0.2, 0) is 19.4 Å². The van der Waals surface area contributed by atoms with Crippen LogP contribution in [0.15, 0.2) is 6.07 Å². The Kier molecular flexibility index (Phi) is 3.96. The molecule has 1 N–H and O–H groups in total. The highest BCUT2D eigenvalue weighted by atomic mass is 35.5. The standard InChI is InChI=1S/C15H21ClN2O/c1-19-15-12(10-18-7-5-17-6-8-18)9-11-3-2-4-13(11)14(15)16/h9,17H,2-8,10H2,1H3. The molecule has 1 heterocycles. The van der Waals surface area contributed by atoms with Gasteiger partial charge in [-0.1, -0.05) is 17.7 Å². The molecular formula is C15H21ClN2O. The zero-order chi connectivity index (χ0) is 13.2. The molecule has 104 valence electrons. The van der Waals surface area contributed by atoms with Gasteiger partial charge in [-0.2, -0.15) is 0 Å². The fourth-order valence-corrected chi connectivity index (χ4v) is 3.59. The van der Waals surface area contributed by atoms with E-state index in [9.17, 15) is 0 Å². The lowest BCUT2D eigenvalue weighted by Gasteiger charge is -2.28. The number of methoxy groups -OCH3 is 1. The van der Waals surface area contributed by atoms with Gasteiger partial charge in [0.1, 0.15) is 5.75 Å². The van der Waals surface area contributed by atoms with Crippen molar-refractivity contribution in [2.75, 3.05) is 33.3 Å². The van der Waals surface area contributed by atoms with E-state index in [0.29, 0.717) is 0 Å². The molecule has 19 heavy (non-hydrogen) atoms. The average molecular weight is 281 g/mol. The van der Waals surface area contributed by atoms with Crippen molar-refractivity contribution >= 4 is 11.6 Å². The molecule has 0 radical (unpaired) electrons. The molecule has 1 aliphatic carbocycles. The van der Waals surface area contributed by atoms with E-state index in [1.165, 1.54) is 23.1 Å². The number of benzene rings is 1. The molecule has 3 nitrogen and oxygen atoms in total. The van der Waals surface area contributed by atoms with Gasteiger partial charge < -0.3 is 10.1 Å². The van der Waals surface area contributed by atoms with E-state index in [2.05, 4.69) is 16.3 Å². The van der Waals surface area contributed by atoms with Crippen LogP contribution in [0.1, 0.15) is 23.1 Å². The van der Waals surface area contributed by atoms with Crippen LogP contribution >= 0.6 is 11.6 Å². The first-order chi connectivity index (χ1) is 9.29. The fourth-order valence-electron chi connectivity index (χ4n) is 3.18. The zero-order valence-electron chi connectivity index (χ0n) is 11.5. The Morgan fingerprint density at radius 2 is 2.11 bits per heavy atom. The molecular weight excluding hydrogens is 260 g/mol. The quantitative estimate of drug-likeness (QED) is 0.919. The maximum absolute atomic E-state index is 6.52. The lowest BCUT2D eigenvalue weighted by molar-refractivity contribution is 0.230. The van der Waals surface area contributed by atoms with Crippen molar-refractivity contribution in [1.82, 2.24) is 10.2 Å². The zero-order valence-corrected chi connectivity index (χ0v) is 12.2. The minimum Gasteiger partial charge on any atom is -0.495 e. The van der Waals surface area contributed by atoms with Gasteiger partial charge in [0.25, 0.3) is 0 Å². The highest BCUT2D eigenvalue weighted by molar-refractivity contribution is 6.33. The number of ether oxygens (including phenoxy) is 1. The molecule has 0 unspecified atom stereocenters. The predicted molar refractivity (Wildman–Crippen MR) is 78.2 cm³/mol. The number of aryl methyl sites for hydroxylation is 1. The summed E-state index contributed by atoms with van der Waals surface area (Å²) >= 11 is 6.52. The Morgan fingerprint density at radius 3 is 2.84 bits per heavy atom. The molecule has 0 saturated carbocycles. The maximum atomic E-state index is 6.52. The van der Waals surface area contributed by atoms with Crippen molar-refractivity contribution < 1.29 is 4.74 Å². The summed E-state index contributed by atoms with van der Waals surface area (Å²) in [6, 6.07) is 2.31. The lowest BCUT2D eigenvalue weighted by Crippen LogP contribution is -2.42. The van der Waals surface area contributed by atoms with Gasteiger partial charge in [0.05, 0.1) is 12.1 Å². The number of halogens is 1. The summed E-state index contributed by atoms with van der Waals surface area (Å²) in [6.07, 6.45) is 3.47. The number of nitrogens with one attached hydrogen (secondary N) is 1. The number of hydrogen-bond donors (Lipinski definition) is 1. The summed E-state index contributed by atoms with van der Waals surface area (Å²) < 4.78 is 5.57. The van der Waals surface area contributed by atoms with Crippen molar-refractivity contribution in [3.63, 3.8) is 0 Å². The smallest absolute Gasteiger partial charge is 0.142 e. The maximum Gasteiger partial charge on any atom is 0.142 e. The third-order valence-corrected chi connectivity index (χ3v) is 4.57. The Labute approximate surface area is 119 Å². The number of fused-ring (bicyclic) bond motifs is 1. The van der Waals surface area contributed by atoms with Crippen LogP contribution in [-0.4, -0.2) is 38.2 Å². The summed E-state index contributed by atoms with van der Waals surface area (Å²) in [5.41, 5.74) is 3.98. The van der Waals surface area contributed by atoms with Crippen molar-refractivity contribution in [3.8, 4) is 5.75 Å². The number of piperazine rings is 1. The highest BCUT2D eigenvalue weighted by Crippen LogP contribution is 2.39. The Bertz CT molecular complexity index is 470. The van der Waals surface area contributed by atoms with Crippen LogP contribution in [0.3, 0.4) is 0 Å². The molecule has 0 aromatic heterocycles. The third-order valence-electron chi connectivity index (χ3n) is 4.17. The first-order valence-electron chi connectivity index (χ1n) is 7.10. The minimum absolute atomic E-state index is 0.850. The number of nitrogens with zero attached hydrogens (tertiary/aromatic N) is 1. The van der Waals surface area contributed by atoms with Crippen LogP contribution < -0.4 is 10.1 Å². The molecule has 2 aliphatic rings. The van der Waals surface area contributed by atoms with Gasteiger partial charge in [0.15, 0.2) is 0 Å². The van der Waals surface area contributed by atoms with Gasteiger partial charge in [-0.05, 0) is 30.4 Å². The minimum atomic E-state index is 0.850. The van der Waals surface area contributed by atoms with Gasteiger partial charge in [0, 0.05) is 38.3 Å². The van der Waals surface area contributed by atoms with Crippen LogP contribution in [0.5, 0.6) is 5.75 Å². The van der Waals surface area contributed by atoms with E-state index in [-0.39, 0.29) is 0 Å². The van der Waals surface area contributed by atoms with Crippen LogP contribution in [0, 0.1) is 0 Å². The predicted octanol–water partition coefficient (Wildman–Crippen LogP) is 2.24. The summed E-state index contributed by atoms with van der Waals surface area (Å²) in [5.74, 6) is 0.890. The highest BCUT2D eigenvalue weighted by Gasteiger charge is 2.22. The average Bonchev–Trinajstić information content (AvgIpc) is 2.89. The SMILES string of the molecule is COc1c(CN2CCNCC2)cc2c(c1Cl)CCC2. The molecule has 0 amide bonds. The number of hydrogen-bond acceptors (Lipinski definition) is 3. The van der Waals surface area contributed by atoms with Crippen molar-refractivity contribution in [2.24, 2.45) is 0 Å². The molecule has 1 saturated heterocycles. The van der Waals surface area contributed by atoms with E-state index < -0.39 is 0 Å². The molecule has 0 spiro atoms. The van der Waals surface area contributed by atoms with Crippen molar-refractivity contribution in [2.45, 2.75) is 25.8 Å². The fraction of sp³-hybridized carbons (Fsp3) is 0.600. The van der Waals surface area contributed by atoms with E-state index in [0.717, 1.165) is 56.3 Å². The molecule has 3 rings (SSSR count). The lowest BCUT2D eigenvalue weighted by atomic mass is 10.0. The third kappa shape index (κ3) is 2.60. The normalized spacial score (nSPS) is 19.5. The Balaban J connectivity index is 1.89. The van der Waals surface area contributed by atoms with Gasteiger partial charge >= 0.3 is 0 Å². The largest absolute Gasteiger partial charge is 0.495 e. The molecule has 1 fully saturated rings. The molecule has 1 aromatic carbocycles. The first-order valence-corrected chi connectivity index (χ1v) is 7.47. The first kappa shape index (κ1) is 13.2. The van der Waals surface area contributed by atoms with Crippen molar-refractivity contribution in [3.05, 3.63) is 27.8 Å². The molecule has 1 aromatic rings. The van der Waals surface area contributed by atoms with Crippen molar-refractivity contribution in [1.29, 1.82) is 0 Å². The van der Waals surface area contributed by atoms with Gasteiger partial charge in [-0.25, -0.2) is 0 Å². The summed E-state index contributed by atoms with van der Waals surface area (Å²) in [7, 11) is 1.73. The van der Waals surface area contributed by atoms with Gasteiger partial charge in [0.2, 0.25) is 0 Å². The second-order valence-electron chi connectivity index (χ2n) is 5.40. The summed E-state index contributed by atoms with van der Waals surface area (Å²) in [6.45, 7) is 5.27. The van der Waals surface area contributed by atoms with E-state index in [1.54, 1.807) is 7.11 Å². The van der Waals surface area contributed by atoms with Crippen LogP contribution in [0.2, 0.25) is 5.02 Å². The van der Waals surface area contributed by atoms with E-state index in [1.807, 2.05) is 0 Å². The van der Waals surface area contributed by atoms with E-state index in [4.69, 9.17) is 16.3 Å². The Hall–Kier alpha value is -0.770. The molecule has 0 bridgehead atoms. The van der Waals surface area contributed by atoms with Crippen LogP contribution in [0.4, 0.5) is 0 Å². The van der Waals surface area contributed by atoms with Gasteiger partial charge in [-0.15, -0.1) is 0 Å². The van der Waals surface area contributed by atoms with Gasteiger partial charge in [-0.3, -0.25) is 4.90 Å². The Morgan fingerprint density at radius 1 is 1.32 bits per heavy atom. The monoisotopic (exact) mass is 280 g/mol. The summed E-state index contributed by atoms with van der Waals surface area (Å²) in [4.78, 5) is 2.46. The molecule has 4 heteroatoms. The molecule has 1 aliphatic heterocycles. The number of rotatable bonds is 3. The second-order valence-corrected chi connectivity index (χ2v) is 5.78. The van der Waals surface area contributed by atoms with E-state index >= 15 is 0 Å². The molecule has 0 atom stereocenters. The summed E-state index contributed by atoms with van der Waals surface area (Å²) in [5, 5.41) is 4.23. The van der Waals surface area contributed by atoms with Crippen LogP contribution in [0.25, 0.3) is 0 Å². The topological polar surface area (TPSA) is 24.5 Å². The second kappa shape index (κ2) is 5.70.